The van der Waals surface area contributed by atoms with Crippen molar-refractivity contribution in [3.63, 3.8) is 0 Å². The molecule has 0 spiro atoms. The average Bonchev–Trinajstić information content (AvgIpc) is 3.30. The van der Waals surface area contributed by atoms with Crippen LogP contribution >= 0.6 is 0 Å². The van der Waals surface area contributed by atoms with Crippen LogP contribution in [0.1, 0.15) is 160 Å². The first-order valence-electron chi connectivity index (χ1n) is 16.5. The quantitative estimate of drug-likeness (QED) is 0.0929. The van der Waals surface area contributed by atoms with Gasteiger partial charge in [-0.15, -0.1) is 0 Å². The summed E-state index contributed by atoms with van der Waals surface area (Å²) in [6.45, 7) is 6.93. The number of hydrogen-bond acceptors (Lipinski definition) is 0. The van der Waals surface area contributed by atoms with Gasteiger partial charge in [-0.05, 0) is 31.2 Å². The Morgan fingerprint density at radius 2 is 1.00 bits per heavy atom. The van der Waals surface area contributed by atoms with Gasteiger partial charge in [0.25, 0.3) is 5.82 Å². The van der Waals surface area contributed by atoms with Crippen molar-refractivity contribution in [2.75, 3.05) is 0 Å². The average molecular weight is 510 g/mol. The van der Waals surface area contributed by atoms with E-state index in [9.17, 15) is 0 Å². The van der Waals surface area contributed by atoms with Gasteiger partial charge in [0.2, 0.25) is 0 Å². The van der Waals surface area contributed by atoms with E-state index in [0.717, 1.165) is 13.0 Å². The molecule has 1 aromatic heterocycles. The maximum atomic E-state index is 2.54. The second kappa shape index (κ2) is 22.4. The molecule has 0 atom stereocenters. The SMILES string of the molecule is CCCCCCCCCCCCCCCCCCCn1cc[n+](CCCCCC)c1Cc1ccccc1. The smallest absolute Gasteiger partial charge is 0.234 e. The third kappa shape index (κ3) is 15.4. The zero-order valence-corrected chi connectivity index (χ0v) is 24.9. The molecule has 0 N–H and O–H groups in total. The number of rotatable bonds is 25. The van der Waals surface area contributed by atoms with E-state index in [1.807, 2.05) is 0 Å². The number of unbranched alkanes of at least 4 members (excludes halogenated alkanes) is 19. The molecule has 0 aliphatic carbocycles. The molecule has 0 bridgehead atoms. The Balaban J connectivity index is 1.53. The van der Waals surface area contributed by atoms with E-state index in [2.05, 4.69) is 65.7 Å². The molecular weight excluding hydrogens is 448 g/mol. The molecule has 0 aliphatic rings. The van der Waals surface area contributed by atoms with Crippen LogP contribution in [0.2, 0.25) is 0 Å². The lowest BCUT2D eigenvalue weighted by Gasteiger charge is -2.07. The summed E-state index contributed by atoms with van der Waals surface area (Å²) in [5, 5.41) is 0. The van der Waals surface area contributed by atoms with Gasteiger partial charge < -0.3 is 0 Å². The summed E-state index contributed by atoms with van der Waals surface area (Å²) in [7, 11) is 0. The summed E-state index contributed by atoms with van der Waals surface area (Å²) in [6.07, 6.45) is 35.4. The minimum Gasteiger partial charge on any atom is -0.234 e. The summed E-state index contributed by atoms with van der Waals surface area (Å²) >= 11 is 0. The third-order valence-electron chi connectivity index (χ3n) is 8.05. The highest BCUT2D eigenvalue weighted by atomic mass is 15.1. The molecule has 0 saturated carbocycles. The van der Waals surface area contributed by atoms with Crippen molar-refractivity contribution in [3.8, 4) is 0 Å². The maximum Gasteiger partial charge on any atom is 0.260 e. The van der Waals surface area contributed by atoms with Crippen molar-refractivity contribution in [2.24, 2.45) is 0 Å². The van der Waals surface area contributed by atoms with E-state index in [-0.39, 0.29) is 0 Å². The monoisotopic (exact) mass is 509 g/mol. The van der Waals surface area contributed by atoms with Gasteiger partial charge in [0.15, 0.2) is 0 Å². The van der Waals surface area contributed by atoms with Crippen LogP contribution in [0.4, 0.5) is 0 Å². The highest BCUT2D eigenvalue weighted by Gasteiger charge is 2.17. The van der Waals surface area contributed by atoms with Gasteiger partial charge in [-0.2, -0.15) is 0 Å². The molecular formula is C35H61N2+. The lowest BCUT2D eigenvalue weighted by molar-refractivity contribution is -0.703. The van der Waals surface area contributed by atoms with Gasteiger partial charge in [0.1, 0.15) is 12.4 Å². The van der Waals surface area contributed by atoms with Gasteiger partial charge >= 0.3 is 0 Å². The highest BCUT2D eigenvalue weighted by Crippen LogP contribution is 2.15. The molecule has 210 valence electrons. The van der Waals surface area contributed by atoms with Gasteiger partial charge in [0.05, 0.1) is 19.5 Å². The molecule has 0 fully saturated rings. The van der Waals surface area contributed by atoms with Crippen molar-refractivity contribution in [1.82, 2.24) is 4.57 Å². The normalized spacial score (nSPS) is 11.4. The van der Waals surface area contributed by atoms with Gasteiger partial charge in [-0.1, -0.05) is 153 Å². The van der Waals surface area contributed by atoms with Crippen molar-refractivity contribution in [2.45, 2.75) is 168 Å². The fourth-order valence-electron chi connectivity index (χ4n) is 5.60. The van der Waals surface area contributed by atoms with Crippen molar-refractivity contribution in [1.29, 1.82) is 0 Å². The Kier molecular flexibility index (Phi) is 19.2. The molecule has 0 aliphatic heterocycles. The topological polar surface area (TPSA) is 8.81 Å². The Morgan fingerprint density at radius 1 is 0.541 bits per heavy atom. The first kappa shape index (κ1) is 31.6. The molecule has 1 heterocycles. The molecule has 1 aromatic carbocycles. The predicted molar refractivity (Wildman–Crippen MR) is 162 cm³/mol. The minimum atomic E-state index is 1.04. The number of aromatic nitrogens is 2. The molecule has 0 unspecified atom stereocenters. The largest absolute Gasteiger partial charge is 0.260 e. The second-order valence-electron chi connectivity index (χ2n) is 11.5. The first-order chi connectivity index (χ1) is 18.3. The Morgan fingerprint density at radius 3 is 1.51 bits per heavy atom. The van der Waals surface area contributed by atoms with E-state index < -0.39 is 0 Å². The van der Waals surface area contributed by atoms with E-state index >= 15 is 0 Å². The zero-order chi connectivity index (χ0) is 26.2. The molecule has 0 saturated heterocycles. The van der Waals surface area contributed by atoms with E-state index in [0.29, 0.717) is 0 Å². The van der Waals surface area contributed by atoms with Gasteiger partial charge in [-0.25, -0.2) is 9.13 Å². The molecule has 2 rings (SSSR count). The van der Waals surface area contributed by atoms with Gasteiger partial charge in [0, 0.05) is 0 Å². The predicted octanol–water partition coefficient (Wildman–Crippen LogP) is 10.6. The van der Waals surface area contributed by atoms with Crippen molar-refractivity contribution < 1.29 is 4.57 Å². The van der Waals surface area contributed by atoms with Crippen LogP contribution in [0.3, 0.4) is 0 Å². The fraction of sp³-hybridized carbons (Fsp3) is 0.743. The summed E-state index contributed by atoms with van der Waals surface area (Å²) in [5.74, 6) is 1.49. The van der Waals surface area contributed by atoms with E-state index in [1.54, 1.807) is 0 Å². The molecule has 2 aromatic rings. The molecule has 0 radical (unpaired) electrons. The molecule has 37 heavy (non-hydrogen) atoms. The van der Waals surface area contributed by atoms with E-state index in [1.165, 1.54) is 153 Å². The number of imidazole rings is 1. The van der Waals surface area contributed by atoms with Gasteiger partial charge in [-0.3, -0.25) is 0 Å². The van der Waals surface area contributed by atoms with Crippen LogP contribution in [0, 0.1) is 0 Å². The van der Waals surface area contributed by atoms with Crippen LogP contribution in [0.5, 0.6) is 0 Å². The standard InChI is InChI=1S/C35H61N2/c1-3-5-7-9-10-11-12-13-14-15-16-17-18-19-20-21-26-30-37-32-31-36(29-25-8-6-4-2)35(37)33-34-27-23-22-24-28-34/h22-24,27-28,31-32H,3-21,25-26,29-30,33H2,1-2H3/q+1. The summed E-state index contributed by atoms with van der Waals surface area (Å²) in [6, 6.07) is 11.0. The molecule has 0 amide bonds. The number of benzene rings is 1. The Labute approximate surface area is 231 Å². The summed E-state index contributed by atoms with van der Waals surface area (Å²) in [4.78, 5) is 0. The van der Waals surface area contributed by atoms with Crippen LogP contribution < -0.4 is 4.57 Å². The first-order valence-corrected chi connectivity index (χ1v) is 16.5. The summed E-state index contributed by atoms with van der Waals surface area (Å²) in [5.41, 5.74) is 1.42. The zero-order valence-electron chi connectivity index (χ0n) is 24.9. The highest BCUT2D eigenvalue weighted by molar-refractivity contribution is 5.18. The summed E-state index contributed by atoms with van der Waals surface area (Å²) < 4.78 is 5.06. The van der Waals surface area contributed by atoms with Crippen LogP contribution in [0.15, 0.2) is 42.7 Å². The van der Waals surface area contributed by atoms with Crippen molar-refractivity contribution >= 4 is 0 Å². The molecule has 2 nitrogen and oxygen atoms in total. The Bertz CT molecular complexity index is 748. The molecule has 2 heteroatoms. The lowest BCUT2D eigenvalue weighted by atomic mass is 10.0. The fourth-order valence-corrected chi connectivity index (χ4v) is 5.60. The van der Waals surface area contributed by atoms with E-state index in [4.69, 9.17) is 0 Å². The number of nitrogens with zero attached hydrogens (tertiary/aromatic N) is 2. The van der Waals surface area contributed by atoms with Crippen molar-refractivity contribution in [3.05, 3.63) is 54.1 Å². The third-order valence-corrected chi connectivity index (χ3v) is 8.05. The van der Waals surface area contributed by atoms with Crippen LogP contribution in [-0.2, 0) is 19.5 Å². The number of hydrogen-bond donors (Lipinski definition) is 0. The Hall–Kier alpha value is -1.57. The van der Waals surface area contributed by atoms with Crippen LogP contribution in [-0.4, -0.2) is 4.57 Å². The minimum absolute atomic E-state index is 1.04. The second-order valence-corrected chi connectivity index (χ2v) is 11.5. The number of aryl methyl sites for hydroxylation is 2. The lowest BCUT2D eigenvalue weighted by Crippen LogP contribution is -2.37. The van der Waals surface area contributed by atoms with Crippen LogP contribution in [0.25, 0.3) is 0 Å². The maximum absolute atomic E-state index is 2.54.